The zero-order valence-corrected chi connectivity index (χ0v) is 10.8. The molecule has 0 bridgehead atoms. The molecule has 0 aromatic carbocycles. The smallest absolute Gasteiger partial charge is 0.186 e. The highest BCUT2D eigenvalue weighted by Crippen LogP contribution is 2.26. The van der Waals surface area contributed by atoms with Crippen molar-refractivity contribution in [1.82, 2.24) is 0 Å². The van der Waals surface area contributed by atoms with Crippen molar-refractivity contribution in [3.63, 3.8) is 0 Å². The second kappa shape index (κ2) is 6.18. The van der Waals surface area contributed by atoms with Crippen molar-refractivity contribution in [3.05, 3.63) is 0 Å². The summed E-state index contributed by atoms with van der Waals surface area (Å²) in [6.45, 7) is 1.21. The van der Waals surface area contributed by atoms with E-state index >= 15 is 0 Å². The Hall–Kier alpha value is -0.360. The normalized spacial score (nSPS) is 53.9. The molecular weight excluding hydrogens is 276 g/mol. The van der Waals surface area contributed by atoms with Gasteiger partial charge >= 0.3 is 0 Å². The Morgan fingerprint density at radius 2 is 1.55 bits per heavy atom. The van der Waals surface area contributed by atoms with Crippen LogP contribution in [-0.4, -0.2) is 92.6 Å². The number of aliphatic hydroxyl groups excluding tert-OH is 6. The molecule has 9 atom stereocenters. The Morgan fingerprint density at radius 3 is 2.20 bits per heavy atom. The molecule has 20 heavy (non-hydrogen) atoms. The second-order valence-corrected chi connectivity index (χ2v) is 5.06. The number of hydrogen-bond donors (Lipinski definition) is 6. The van der Waals surface area contributed by atoms with E-state index in [0.29, 0.717) is 0 Å². The number of aliphatic hydroxyl groups is 6. The average molecular weight is 296 g/mol. The Bertz CT molecular complexity index is 313. The van der Waals surface area contributed by atoms with Gasteiger partial charge in [0.25, 0.3) is 0 Å². The van der Waals surface area contributed by atoms with Crippen molar-refractivity contribution in [1.29, 1.82) is 0 Å². The summed E-state index contributed by atoms with van der Waals surface area (Å²) in [5.41, 5.74) is 0. The highest BCUT2D eigenvalue weighted by molar-refractivity contribution is 4.90. The third-order valence-electron chi connectivity index (χ3n) is 3.55. The van der Waals surface area contributed by atoms with Gasteiger partial charge in [0.2, 0.25) is 0 Å². The molecule has 0 unspecified atom stereocenters. The van der Waals surface area contributed by atoms with E-state index < -0.39 is 55.3 Å². The van der Waals surface area contributed by atoms with E-state index in [2.05, 4.69) is 0 Å². The summed E-state index contributed by atoms with van der Waals surface area (Å²) in [5, 5.41) is 57.7. The van der Waals surface area contributed by atoms with Gasteiger partial charge in [-0.15, -0.1) is 0 Å². The number of rotatable bonds is 2. The van der Waals surface area contributed by atoms with E-state index in [0.717, 1.165) is 0 Å². The number of ether oxygens (including phenoxy) is 3. The molecule has 0 radical (unpaired) electrons. The molecule has 0 aliphatic carbocycles. The molecule has 2 fully saturated rings. The van der Waals surface area contributed by atoms with Gasteiger partial charge in [0.1, 0.15) is 36.6 Å². The molecule has 2 saturated heterocycles. The van der Waals surface area contributed by atoms with Gasteiger partial charge in [-0.3, -0.25) is 0 Å². The van der Waals surface area contributed by atoms with E-state index in [9.17, 15) is 30.6 Å². The van der Waals surface area contributed by atoms with Gasteiger partial charge in [-0.05, 0) is 6.92 Å². The highest BCUT2D eigenvalue weighted by Gasteiger charge is 2.47. The first-order chi connectivity index (χ1) is 9.32. The van der Waals surface area contributed by atoms with Crippen molar-refractivity contribution in [3.8, 4) is 0 Å². The summed E-state index contributed by atoms with van der Waals surface area (Å²) in [5.74, 6) is 0. The molecular formula is C11H20O9. The fourth-order valence-electron chi connectivity index (χ4n) is 2.23. The molecule has 9 heteroatoms. The van der Waals surface area contributed by atoms with E-state index in [1.54, 1.807) is 0 Å². The Morgan fingerprint density at radius 1 is 0.900 bits per heavy atom. The second-order valence-electron chi connectivity index (χ2n) is 5.06. The van der Waals surface area contributed by atoms with Crippen molar-refractivity contribution in [2.75, 3.05) is 6.61 Å². The predicted molar refractivity (Wildman–Crippen MR) is 61.2 cm³/mol. The maximum atomic E-state index is 9.89. The summed E-state index contributed by atoms with van der Waals surface area (Å²) in [4.78, 5) is 0. The highest BCUT2D eigenvalue weighted by atomic mass is 16.7. The zero-order valence-electron chi connectivity index (χ0n) is 10.8. The largest absolute Gasteiger partial charge is 0.388 e. The lowest BCUT2D eigenvalue weighted by atomic mass is 9.99. The van der Waals surface area contributed by atoms with Gasteiger partial charge in [0.05, 0.1) is 12.7 Å². The molecule has 9 nitrogen and oxygen atoms in total. The van der Waals surface area contributed by atoms with Gasteiger partial charge in [0, 0.05) is 0 Å². The fourth-order valence-corrected chi connectivity index (χ4v) is 2.23. The van der Waals surface area contributed by atoms with Gasteiger partial charge in [-0.2, -0.15) is 0 Å². The van der Waals surface area contributed by atoms with Crippen LogP contribution in [0.3, 0.4) is 0 Å². The first-order valence-electron chi connectivity index (χ1n) is 6.34. The first kappa shape index (κ1) is 16.0. The minimum absolute atomic E-state index is 0.267. The standard InChI is InChI=1S/C11H20O9/c1-3-5(13)9(8(16)10(17)19-3)20-11-7(15)6(14)4(12)2-18-11/h3-17H,2H2,1H3/t3-,4+,5-,6-,7+,8+,9+,10+,11-/m0/s1. The van der Waals surface area contributed by atoms with Crippen LogP contribution in [0.25, 0.3) is 0 Å². The van der Waals surface area contributed by atoms with Crippen molar-refractivity contribution in [2.45, 2.75) is 62.2 Å². The van der Waals surface area contributed by atoms with Crippen LogP contribution >= 0.6 is 0 Å². The third kappa shape index (κ3) is 2.96. The van der Waals surface area contributed by atoms with Crippen molar-refractivity contribution >= 4 is 0 Å². The lowest BCUT2D eigenvalue weighted by Crippen LogP contribution is -2.61. The molecule has 0 aromatic rings. The lowest BCUT2D eigenvalue weighted by molar-refractivity contribution is -0.339. The van der Waals surface area contributed by atoms with Crippen LogP contribution in [0.15, 0.2) is 0 Å². The molecule has 0 saturated carbocycles. The summed E-state index contributed by atoms with van der Waals surface area (Å²) < 4.78 is 15.1. The minimum atomic E-state index is -1.55. The zero-order chi connectivity index (χ0) is 15.0. The van der Waals surface area contributed by atoms with Crippen LogP contribution in [0.1, 0.15) is 6.92 Å². The molecule has 2 aliphatic rings. The van der Waals surface area contributed by atoms with Crippen LogP contribution in [0.5, 0.6) is 0 Å². The molecule has 0 aromatic heterocycles. The van der Waals surface area contributed by atoms with E-state index in [4.69, 9.17) is 14.2 Å². The van der Waals surface area contributed by atoms with E-state index in [1.165, 1.54) is 6.92 Å². The number of hydrogen-bond acceptors (Lipinski definition) is 9. The summed E-state index contributed by atoms with van der Waals surface area (Å²) in [6, 6.07) is 0. The maximum Gasteiger partial charge on any atom is 0.186 e. The SMILES string of the molecule is C[C@@H]1O[C@@H](O)[C@H](O)[C@H](O[C@@H]2OC[C@@H](O)[C@H](O)[C@H]2O)[C@H]1O. The molecule has 6 N–H and O–H groups in total. The first-order valence-corrected chi connectivity index (χ1v) is 6.34. The van der Waals surface area contributed by atoms with E-state index in [-0.39, 0.29) is 6.61 Å². The molecule has 2 heterocycles. The van der Waals surface area contributed by atoms with Crippen molar-refractivity contribution < 1.29 is 44.8 Å². The average Bonchev–Trinajstić information content (AvgIpc) is 2.41. The van der Waals surface area contributed by atoms with Gasteiger partial charge < -0.3 is 44.8 Å². The Kier molecular flexibility index (Phi) is 4.95. The van der Waals surface area contributed by atoms with Crippen LogP contribution in [0.2, 0.25) is 0 Å². The quantitative estimate of drug-likeness (QED) is 0.302. The molecule has 118 valence electrons. The lowest BCUT2D eigenvalue weighted by Gasteiger charge is -2.43. The topological polar surface area (TPSA) is 149 Å². The minimum Gasteiger partial charge on any atom is -0.388 e. The Labute approximate surface area is 114 Å². The third-order valence-corrected chi connectivity index (χ3v) is 3.55. The van der Waals surface area contributed by atoms with Gasteiger partial charge in [-0.25, -0.2) is 0 Å². The molecule has 2 rings (SSSR count). The predicted octanol–water partition coefficient (Wildman–Crippen LogP) is -3.73. The van der Waals surface area contributed by atoms with Crippen LogP contribution in [0.4, 0.5) is 0 Å². The maximum absolute atomic E-state index is 9.89. The van der Waals surface area contributed by atoms with Crippen LogP contribution in [0, 0.1) is 0 Å². The van der Waals surface area contributed by atoms with Gasteiger partial charge in [0.15, 0.2) is 12.6 Å². The van der Waals surface area contributed by atoms with Gasteiger partial charge in [-0.1, -0.05) is 0 Å². The van der Waals surface area contributed by atoms with Crippen LogP contribution < -0.4 is 0 Å². The van der Waals surface area contributed by atoms with Crippen molar-refractivity contribution in [2.24, 2.45) is 0 Å². The summed E-state index contributed by atoms with van der Waals surface area (Å²) in [7, 11) is 0. The summed E-state index contributed by atoms with van der Waals surface area (Å²) >= 11 is 0. The summed E-state index contributed by atoms with van der Waals surface area (Å²) in [6.07, 6.45) is -12.0. The fraction of sp³-hybridized carbons (Fsp3) is 1.00. The Balaban J connectivity index is 2.04. The molecule has 0 amide bonds. The van der Waals surface area contributed by atoms with Crippen LogP contribution in [-0.2, 0) is 14.2 Å². The van der Waals surface area contributed by atoms with E-state index in [1.807, 2.05) is 0 Å². The monoisotopic (exact) mass is 296 g/mol. The molecule has 0 spiro atoms. The molecule has 2 aliphatic heterocycles.